The van der Waals surface area contributed by atoms with E-state index in [4.69, 9.17) is 20.9 Å². The van der Waals surface area contributed by atoms with Gasteiger partial charge in [0.05, 0.1) is 19.9 Å². The Morgan fingerprint density at radius 2 is 1.61 bits per heavy atom. The van der Waals surface area contributed by atoms with Crippen molar-refractivity contribution in [3.05, 3.63) is 63.7 Å². The zero-order valence-electron chi connectivity index (χ0n) is 22.5. The van der Waals surface area contributed by atoms with E-state index in [0.717, 1.165) is 22.7 Å². The Morgan fingerprint density at radius 3 is 2.11 bits per heavy atom. The molecule has 10 nitrogen and oxygen atoms in total. The quantitative estimate of drug-likeness (QED) is 0.394. The van der Waals surface area contributed by atoms with Crippen LogP contribution < -0.4 is 31.2 Å². The minimum absolute atomic E-state index is 0.00741. The third kappa shape index (κ3) is 6.05. The normalized spacial score (nSPS) is 12.0. The van der Waals surface area contributed by atoms with Gasteiger partial charge in [-0.15, -0.1) is 0 Å². The highest BCUT2D eigenvalue weighted by Gasteiger charge is 2.37. The Morgan fingerprint density at radius 1 is 1.00 bits per heavy atom. The first-order valence-corrected chi connectivity index (χ1v) is 12.6. The third-order valence-corrected chi connectivity index (χ3v) is 6.44. The molecule has 0 saturated carbocycles. The van der Waals surface area contributed by atoms with Gasteiger partial charge < -0.3 is 26.3 Å². The number of carbonyl (C=O) groups is 3. The number of aromatic nitrogens is 1. The molecule has 0 fully saturated rings. The van der Waals surface area contributed by atoms with Gasteiger partial charge >= 0.3 is 0 Å². The summed E-state index contributed by atoms with van der Waals surface area (Å²) in [5.74, 6) is -1.04. The average molecular weight is 540 g/mol. The van der Waals surface area contributed by atoms with Crippen molar-refractivity contribution in [3.63, 3.8) is 0 Å². The van der Waals surface area contributed by atoms with Crippen LogP contribution in [0.5, 0.6) is 11.5 Å². The lowest BCUT2D eigenvalue weighted by Crippen LogP contribution is -2.49. The molecule has 0 aliphatic rings. The van der Waals surface area contributed by atoms with E-state index >= 15 is 0 Å². The van der Waals surface area contributed by atoms with Gasteiger partial charge in [-0.05, 0) is 87.1 Å². The van der Waals surface area contributed by atoms with Gasteiger partial charge in [-0.25, -0.2) is 0 Å². The monoisotopic (exact) mass is 539 g/mol. The molecule has 1 heterocycles. The largest absolute Gasteiger partial charge is 0.493 e. The predicted molar refractivity (Wildman–Crippen MR) is 148 cm³/mol. The fraction of sp³-hybridized carbons (Fsp3) is 0.333. The fourth-order valence-electron chi connectivity index (χ4n) is 4.09. The van der Waals surface area contributed by atoms with E-state index in [1.54, 1.807) is 30.3 Å². The summed E-state index contributed by atoms with van der Waals surface area (Å²) in [6, 6.07) is 9.42. The molecule has 3 amide bonds. The lowest BCUT2D eigenvalue weighted by atomic mass is 9.99. The molecular weight excluding hydrogens is 506 g/mol. The number of nitrogens with zero attached hydrogens (tertiary/aromatic N) is 2. The number of rotatable bonds is 8. The number of anilines is 2. The van der Waals surface area contributed by atoms with E-state index < -0.39 is 29.3 Å². The van der Waals surface area contributed by atoms with Crippen LogP contribution in [0.2, 0.25) is 0 Å². The number of nitrogen functional groups attached to an aromatic ring is 1. The Hall–Kier alpha value is -4.12. The topological polar surface area (TPSA) is 150 Å². The Bertz CT molecular complexity index is 1360. The number of ether oxygens (including phenoxy) is 2. The molecule has 0 saturated heterocycles. The van der Waals surface area contributed by atoms with Crippen LogP contribution in [-0.4, -0.2) is 41.9 Å². The number of hydrogen-bond donors (Lipinski definition) is 3. The average Bonchev–Trinajstić information content (AvgIpc) is 3.21. The summed E-state index contributed by atoms with van der Waals surface area (Å²) < 4.78 is 14.9. The number of aryl methyl sites for hydroxylation is 2. The minimum Gasteiger partial charge on any atom is -0.493 e. The van der Waals surface area contributed by atoms with Gasteiger partial charge in [-0.2, -0.15) is 4.37 Å². The first-order chi connectivity index (χ1) is 17.8. The molecule has 0 aliphatic carbocycles. The maximum Gasteiger partial charge on any atom is 0.273 e. The van der Waals surface area contributed by atoms with Gasteiger partial charge in [-0.1, -0.05) is 12.1 Å². The molecule has 1 unspecified atom stereocenters. The van der Waals surface area contributed by atoms with Crippen molar-refractivity contribution in [2.24, 2.45) is 5.73 Å². The van der Waals surface area contributed by atoms with Gasteiger partial charge in [0.2, 0.25) is 5.91 Å². The standard InChI is InChI=1S/C27H33N5O5S/c1-14-10-15(2)12-17(11-14)32(26(35)23-20(28)21(24(29)33)31-38-23)22(25(34)30-27(3,4)5)16-8-9-18(36-6)19(13-16)37-7/h8-13,22H,28H2,1-7H3,(H2,29,33)(H,30,34). The van der Waals surface area contributed by atoms with Crippen LogP contribution in [0.25, 0.3) is 0 Å². The zero-order chi connectivity index (χ0) is 28.4. The Kier molecular flexibility index (Phi) is 8.31. The minimum atomic E-state index is -1.15. The molecular formula is C27H33N5O5S. The van der Waals surface area contributed by atoms with Crippen LogP contribution >= 0.6 is 11.5 Å². The van der Waals surface area contributed by atoms with Crippen molar-refractivity contribution in [2.75, 3.05) is 24.9 Å². The summed E-state index contributed by atoms with van der Waals surface area (Å²) in [6.07, 6.45) is 0. The van der Waals surface area contributed by atoms with Crippen molar-refractivity contribution in [1.29, 1.82) is 0 Å². The second-order valence-electron chi connectivity index (χ2n) is 9.92. The fourth-order valence-corrected chi connectivity index (χ4v) is 4.83. The second kappa shape index (κ2) is 11.1. The summed E-state index contributed by atoms with van der Waals surface area (Å²) in [7, 11) is 3.00. The number of carbonyl (C=O) groups excluding carboxylic acids is 3. The highest BCUT2D eigenvalue weighted by molar-refractivity contribution is 7.09. The Labute approximate surface area is 226 Å². The van der Waals surface area contributed by atoms with Gasteiger partial charge in [0.25, 0.3) is 11.8 Å². The summed E-state index contributed by atoms with van der Waals surface area (Å²) in [5, 5.41) is 2.99. The van der Waals surface area contributed by atoms with Gasteiger partial charge in [0.1, 0.15) is 10.9 Å². The predicted octanol–water partition coefficient (Wildman–Crippen LogP) is 3.76. The zero-order valence-corrected chi connectivity index (χ0v) is 23.4. The van der Waals surface area contributed by atoms with Crippen LogP contribution in [0, 0.1) is 13.8 Å². The maximum absolute atomic E-state index is 14.2. The summed E-state index contributed by atoms with van der Waals surface area (Å²) in [4.78, 5) is 41.3. The summed E-state index contributed by atoms with van der Waals surface area (Å²) in [6.45, 7) is 9.33. The van der Waals surface area contributed by atoms with E-state index in [1.165, 1.54) is 19.1 Å². The summed E-state index contributed by atoms with van der Waals surface area (Å²) in [5.41, 5.74) is 13.3. The number of nitrogens with one attached hydrogen (secondary N) is 1. The highest BCUT2D eigenvalue weighted by atomic mass is 32.1. The van der Waals surface area contributed by atoms with E-state index in [0.29, 0.717) is 22.7 Å². The summed E-state index contributed by atoms with van der Waals surface area (Å²) >= 11 is 0.752. The van der Waals surface area contributed by atoms with Crippen molar-refractivity contribution in [1.82, 2.24) is 9.69 Å². The van der Waals surface area contributed by atoms with Gasteiger partial charge in [0.15, 0.2) is 17.2 Å². The number of primary amides is 1. The molecule has 1 atom stereocenters. The molecule has 1 aromatic heterocycles. The van der Waals surface area contributed by atoms with Crippen molar-refractivity contribution in [2.45, 2.75) is 46.2 Å². The smallest absolute Gasteiger partial charge is 0.273 e. The molecule has 3 aromatic rings. The Balaban J connectivity index is 2.33. The van der Waals surface area contributed by atoms with E-state index in [9.17, 15) is 14.4 Å². The number of nitrogens with two attached hydrogens (primary N) is 2. The van der Waals surface area contributed by atoms with Crippen LogP contribution in [0.4, 0.5) is 11.4 Å². The van der Waals surface area contributed by atoms with Crippen LogP contribution in [0.3, 0.4) is 0 Å². The van der Waals surface area contributed by atoms with Crippen molar-refractivity contribution >= 4 is 40.6 Å². The van der Waals surface area contributed by atoms with Crippen LogP contribution in [0.15, 0.2) is 36.4 Å². The second-order valence-corrected chi connectivity index (χ2v) is 10.7. The number of hydrogen-bond acceptors (Lipinski definition) is 8. The SMILES string of the molecule is COc1ccc(C(C(=O)NC(C)(C)C)N(C(=O)c2snc(C(N)=O)c2N)c2cc(C)cc(C)c2)cc1OC. The highest BCUT2D eigenvalue weighted by Crippen LogP contribution is 2.37. The van der Waals surface area contributed by atoms with E-state index in [2.05, 4.69) is 9.69 Å². The van der Waals surface area contributed by atoms with Gasteiger partial charge in [0, 0.05) is 11.2 Å². The first-order valence-electron chi connectivity index (χ1n) is 11.8. The molecule has 0 bridgehead atoms. The van der Waals surface area contributed by atoms with Crippen molar-refractivity contribution in [3.8, 4) is 11.5 Å². The lowest BCUT2D eigenvalue weighted by Gasteiger charge is -2.34. The molecule has 0 spiro atoms. The molecule has 0 radical (unpaired) electrons. The first kappa shape index (κ1) is 28.5. The number of amides is 3. The maximum atomic E-state index is 14.2. The number of methoxy groups -OCH3 is 2. The van der Waals surface area contributed by atoms with Crippen LogP contribution in [-0.2, 0) is 4.79 Å². The lowest BCUT2D eigenvalue weighted by molar-refractivity contribution is -0.123. The molecule has 0 aliphatic heterocycles. The third-order valence-electron chi connectivity index (χ3n) is 5.59. The van der Waals surface area contributed by atoms with Crippen LogP contribution in [0.1, 0.15) is 63.7 Å². The van der Waals surface area contributed by atoms with Crippen molar-refractivity contribution < 1.29 is 23.9 Å². The molecule has 5 N–H and O–H groups in total. The molecule has 38 heavy (non-hydrogen) atoms. The molecule has 11 heteroatoms. The van der Waals surface area contributed by atoms with Gasteiger partial charge in [-0.3, -0.25) is 19.3 Å². The number of benzene rings is 2. The molecule has 202 valence electrons. The molecule has 2 aromatic carbocycles. The van der Waals surface area contributed by atoms with E-state index in [1.807, 2.05) is 40.7 Å². The molecule has 3 rings (SSSR count). The van der Waals surface area contributed by atoms with E-state index in [-0.39, 0.29) is 16.3 Å².